The topological polar surface area (TPSA) is 55.8 Å². The van der Waals surface area contributed by atoms with Crippen LogP contribution in [-0.2, 0) is 0 Å². The number of amides is 2. The number of hydrogen-bond acceptors (Lipinski definition) is 3. The van der Waals surface area contributed by atoms with E-state index >= 15 is 0 Å². The number of urea groups is 1. The first-order valence-corrected chi connectivity index (χ1v) is 9.42. The van der Waals surface area contributed by atoms with Gasteiger partial charge < -0.3 is 20.2 Å². The van der Waals surface area contributed by atoms with Crippen LogP contribution in [0.3, 0.4) is 0 Å². The highest BCUT2D eigenvalue weighted by atomic mass is 16.3. The Morgan fingerprint density at radius 3 is 2.57 bits per heavy atom. The molecule has 5 heteroatoms. The van der Waals surface area contributed by atoms with E-state index in [4.69, 9.17) is 0 Å². The molecule has 2 fully saturated rings. The minimum absolute atomic E-state index is 0.0335. The second kappa shape index (κ2) is 8.34. The van der Waals surface area contributed by atoms with Crippen LogP contribution in [0.15, 0.2) is 0 Å². The molecule has 2 heterocycles. The van der Waals surface area contributed by atoms with Crippen LogP contribution < -0.4 is 5.32 Å². The van der Waals surface area contributed by atoms with Gasteiger partial charge in [-0.2, -0.15) is 0 Å². The van der Waals surface area contributed by atoms with E-state index in [0.717, 1.165) is 58.3 Å². The number of nitrogens with one attached hydrogen (secondary N) is 1. The summed E-state index contributed by atoms with van der Waals surface area (Å²) in [6.45, 7) is 10.7. The zero-order chi connectivity index (χ0) is 16.9. The molecule has 2 amide bonds. The van der Waals surface area contributed by atoms with Crippen LogP contribution in [0.2, 0.25) is 0 Å². The first-order valence-electron chi connectivity index (χ1n) is 9.42. The minimum atomic E-state index is -0.346. The molecule has 0 aromatic rings. The van der Waals surface area contributed by atoms with E-state index in [9.17, 15) is 9.90 Å². The normalized spacial score (nSPS) is 26.9. The first-order chi connectivity index (χ1) is 11.0. The second-order valence-corrected chi connectivity index (χ2v) is 7.80. The third-order valence-electron chi connectivity index (χ3n) is 5.38. The largest absolute Gasteiger partial charge is 0.394 e. The van der Waals surface area contributed by atoms with Crippen molar-refractivity contribution >= 4 is 6.03 Å². The van der Waals surface area contributed by atoms with E-state index in [2.05, 4.69) is 31.0 Å². The van der Waals surface area contributed by atoms with Crippen molar-refractivity contribution in [2.24, 2.45) is 5.92 Å². The van der Waals surface area contributed by atoms with E-state index in [1.54, 1.807) is 0 Å². The summed E-state index contributed by atoms with van der Waals surface area (Å²) < 4.78 is 0. The molecule has 2 aliphatic heterocycles. The summed E-state index contributed by atoms with van der Waals surface area (Å²) in [5, 5.41) is 13.2. The van der Waals surface area contributed by atoms with Crippen LogP contribution in [0, 0.1) is 5.92 Å². The molecular formula is C18H35N3O2. The molecule has 0 radical (unpaired) electrons. The highest BCUT2D eigenvalue weighted by molar-refractivity contribution is 5.76. The van der Waals surface area contributed by atoms with Crippen molar-refractivity contribution in [1.82, 2.24) is 15.1 Å². The number of carbonyl (C=O) groups excluding carboxylic acids is 1. The highest BCUT2D eigenvalue weighted by Gasteiger charge is 2.43. The molecule has 2 saturated heterocycles. The molecule has 0 aliphatic carbocycles. The molecular weight excluding hydrogens is 290 g/mol. The Bertz CT molecular complexity index is 380. The molecule has 5 nitrogen and oxygen atoms in total. The van der Waals surface area contributed by atoms with Gasteiger partial charge in [0.1, 0.15) is 0 Å². The minimum Gasteiger partial charge on any atom is -0.394 e. The van der Waals surface area contributed by atoms with Crippen molar-refractivity contribution in [2.45, 2.75) is 70.9 Å². The van der Waals surface area contributed by atoms with E-state index in [-0.39, 0.29) is 24.2 Å². The lowest BCUT2D eigenvalue weighted by Crippen LogP contribution is -2.56. The van der Waals surface area contributed by atoms with Gasteiger partial charge in [-0.3, -0.25) is 0 Å². The molecule has 134 valence electrons. The molecule has 0 aromatic carbocycles. The van der Waals surface area contributed by atoms with Crippen LogP contribution in [-0.4, -0.2) is 65.3 Å². The standard InChI is InChI=1S/C18H35N3O2/c1-4-9-20-11-6-16(7-12-20)19-17(23)21-10-5-8-18(21,14-22)13-15(2)3/h15-16,22H,4-14H2,1-3H3,(H,19,23)/t18-/m0/s1. The predicted molar refractivity (Wildman–Crippen MR) is 93.5 cm³/mol. The van der Waals surface area contributed by atoms with Crippen molar-refractivity contribution in [3.63, 3.8) is 0 Å². The molecule has 0 aromatic heterocycles. The number of likely N-dealkylation sites (tertiary alicyclic amines) is 2. The Morgan fingerprint density at radius 1 is 1.30 bits per heavy atom. The quantitative estimate of drug-likeness (QED) is 0.789. The number of aliphatic hydroxyl groups is 1. The molecule has 1 atom stereocenters. The van der Waals surface area contributed by atoms with Gasteiger partial charge in [0.25, 0.3) is 0 Å². The molecule has 2 rings (SSSR count). The summed E-state index contributed by atoms with van der Waals surface area (Å²) in [5.41, 5.74) is -0.346. The summed E-state index contributed by atoms with van der Waals surface area (Å²) >= 11 is 0. The molecule has 23 heavy (non-hydrogen) atoms. The van der Waals surface area contributed by atoms with Gasteiger partial charge in [-0.15, -0.1) is 0 Å². The Hall–Kier alpha value is -0.810. The Morgan fingerprint density at radius 2 is 2.00 bits per heavy atom. The van der Waals surface area contributed by atoms with Crippen molar-refractivity contribution in [1.29, 1.82) is 0 Å². The van der Waals surface area contributed by atoms with Gasteiger partial charge in [-0.1, -0.05) is 20.8 Å². The van der Waals surface area contributed by atoms with Crippen LogP contribution in [0.1, 0.15) is 59.3 Å². The second-order valence-electron chi connectivity index (χ2n) is 7.80. The summed E-state index contributed by atoms with van der Waals surface area (Å²) in [6.07, 6.45) is 6.07. The molecule has 0 bridgehead atoms. The first kappa shape index (κ1) is 18.5. The van der Waals surface area contributed by atoms with Gasteiger partial charge in [-0.25, -0.2) is 4.79 Å². The van der Waals surface area contributed by atoms with Crippen molar-refractivity contribution in [3.8, 4) is 0 Å². The molecule has 0 saturated carbocycles. The lowest BCUT2D eigenvalue weighted by Gasteiger charge is -2.40. The average Bonchev–Trinajstić information content (AvgIpc) is 2.93. The summed E-state index contributed by atoms with van der Waals surface area (Å²) in [6, 6.07) is 0.317. The fraction of sp³-hybridized carbons (Fsp3) is 0.944. The maximum atomic E-state index is 12.8. The SMILES string of the molecule is CCCN1CCC(NC(=O)N2CCC[C@@]2(CO)CC(C)C)CC1. The fourth-order valence-corrected chi connectivity index (χ4v) is 4.33. The third-order valence-corrected chi connectivity index (χ3v) is 5.38. The van der Waals surface area contributed by atoms with Gasteiger partial charge in [0.15, 0.2) is 0 Å². The monoisotopic (exact) mass is 325 g/mol. The average molecular weight is 325 g/mol. The van der Waals surface area contributed by atoms with Crippen LogP contribution in [0.5, 0.6) is 0 Å². The zero-order valence-electron chi connectivity index (χ0n) is 15.2. The number of rotatable bonds is 6. The fourth-order valence-electron chi connectivity index (χ4n) is 4.33. The van der Waals surface area contributed by atoms with Gasteiger partial charge in [0.2, 0.25) is 0 Å². The summed E-state index contributed by atoms with van der Waals surface area (Å²) in [7, 11) is 0. The highest BCUT2D eigenvalue weighted by Crippen LogP contribution is 2.34. The predicted octanol–water partition coefficient (Wildman–Crippen LogP) is 2.44. The molecule has 2 aliphatic rings. The molecule has 0 unspecified atom stereocenters. The van der Waals surface area contributed by atoms with Gasteiger partial charge >= 0.3 is 6.03 Å². The van der Waals surface area contributed by atoms with E-state index in [1.165, 1.54) is 6.42 Å². The van der Waals surface area contributed by atoms with Crippen molar-refractivity contribution < 1.29 is 9.90 Å². The van der Waals surface area contributed by atoms with Crippen LogP contribution in [0.25, 0.3) is 0 Å². The number of hydrogen-bond donors (Lipinski definition) is 2. The Kier molecular flexibility index (Phi) is 6.72. The lowest BCUT2D eigenvalue weighted by atomic mass is 9.87. The maximum absolute atomic E-state index is 12.8. The van der Waals surface area contributed by atoms with Crippen LogP contribution in [0.4, 0.5) is 4.79 Å². The van der Waals surface area contributed by atoms with Gasteiger partial charge in [-0.05, 0) is 51.0 Å². The van der Waals surface area contributed by atoms with E-state index in [0.29, 0.717) is 5.92 Å². The Labute approximate surface area is 141 Å². The number of carbonyl (C=O) groups is 1. The summed E-state index contributed by atoms with van der Waals surface area (Å²) in [5.74, 6) is 0.479. The third kappa shape index (κ3) is 4.60. The van der Waals surface area contributed by atoms with E-state index in [1.807, 2.05) is 4.90 Å². The summed E-state index contributed by atoms with van der Waals surface area (Å²) in [4.78, 5) is 17.2. The van der Waals surface area contributed by atoms with Crippen LogP contribution >= 0.6 is 0 Å². The Balaban J connectivity index is 1.89. The van der Waals surface area contributed by atoms with Crippen molar-refractivity contribution in [2.75, 3.05) is 32.8 Å². The van der Waals surface area contributed by atoms with Gasteiger partial charge in [0.05, 0.1) is 12.1 Å². The van der Waals surface area contributed by atoms with Gasteiger partial charge in [0, 0.05) is 25.7 Å². The number of nitrogens with zero attached hydrogens (tertiary/aromatic N) is 2. The number of piperidine rings is 1. The smallest absolute Gasteiger partial charge is 0.318 e. The molecule has 2 N–H and O–H groups in total. The maximum Gasteiger partial charge on any atom is 0.318 e. The lowest BCUT2D eigenvalue weighted by molar-refractivity contribution is 0.0650. The number of aliphatic hydroxyl groups excluding tert-OH is 1. The van der Waals surface area contributed by atoms with E-state index < -0.39 is 0 Å². The zero-order valence-corrected chi connectivity index (χ0v) is 15.2. The molecule has 0 spiro atoms. The van der Waals surface area contributed by atoms with Crippen molar-refractivity contribution in [3.05, 3.63) is 0 Å².